The Hall–Kier alpha value is -2.96. The molecule has 1 saturated heterocycles. The summed E-state index contributed by atoms with van der Waals surface area (Å²) in [7, 11) is 0. The predicted molar refractivity (Wildman–Crippen MR) is 130 cm³/mol. The molecule has 0 radical (unpaired) electrons. The molecule has 33 heavy (non-hydrogen) atoms. The van der Waals surface area contributed by atoms with Crippen LogP contribution < -0.4 is 9.80 Å². The maximum atomic E-state index is 14.1. The van der Waals surface area contributed by atoms with Crippen LogP contribution in [-0.2, 0) is 6.54 Å². The Bertz CT molecular complexity index is 1090. The molecule has 3 aromatic rings. The molecule has 174 valence electrons. The molecule has 2 aromatic heterocycles. The third kappa shape index (κ3) is 4.21. The number of benzene rings is 1. The van der Waals surface area contributed by atoms with Crippen LogP contribution in [-0.4, -0.2) is 45.7 Å². The lowest BCUT2D eigenvalue weighted by molar-refractivity contribution is 0.421. The molecule has 0 aliphatic carbocycles. The zero-order valence-electron chi connectivity index (χ0n) is 19.8. The second-order valence-electron chi connectivity index (χ2n) is 9.43. The first kappa shape index (κ1) is 21.9. The van der Waals surface area contributed by atoms with Gasteiger partial charge in [-0.1, -0.05) is 26.3 Å². The number of nitrogens with zero attached hydrogens (tertiary/aromatic N) is 6. The van der Waals surface area contributed by atoms with E-state index in [1.807, 2.05) is 29.2 Å². The fraction of sp³-hybridized carbons (Fsp3) is 0.500. The normalized spacial score (nSPS) is 19.7. The summed E-state index contributed by atoms with van der Waals surface area (Å²) in [5, 5.41) is 13.3. The molecule has 2 unspecified atom stereocenters. The molecule has 6 nitrogen and oxygen atoms in total. The monoisotopic (exact) mass is 448 g/mol. The van der Waals surface area contributed by atoms with Gasteiger partial charge in [0.1, 0.15) is 5.82 Å². The standard InChI is InChI=1S/C26H33FN6/c1-4-18(3)23-17-33(25-14-20(27)6-7-22(23)25)21-10-12-31(13-11-21)26-9-8-24(29-30-26)19-15-28-32(5-2)16-19/h6-9,14-16,18,21,23H,4-5,10-13,17H2,1-3H3. The van der Waals surface area contributed by atoms with Crippen molar-refractivity contribution in [2.24, 2.45) is 5.92 Å². The summed E-state index contributed by atoms with van der Waals surface area (Å²) in [6, 6.07) is 9.90. The minimum atomic E-state index is -0.138. The summed E-state index contributed by atoms with van der Waals surface area (Å²) < 4.78 is 16.0. The minimum absolute atomic E-state index is 0.138. The number of hydrogen-bond acceptors (Lipinski definition) is 5. The second kappa shape index (κ2) is 9.12. The molecule has 1 aromatic carbocycles. The van der Waals surface area contributed by atoms with E-state index in [0.717, 1.165) is 68.2 Å². The van der Waals surface area contributed by atoms with Gasteiger partial charge in [0.05, 0.1) is 11.9 Å². The minimum Gasteiger partial charge on any atom is -0.367 e. The van der Waals surface area contributed by atoms with Crippen molar-refractivity contribution >= 4 is 11.5 Å². The molecule has 0 spiro atoms. The first-order chi connectivity index (χ1) is 16.1. The Balaban J connectivity index is 1.26. The van der Waals surface area contributed by atoms with Crippen molar-refractivity contribution in [3.63, 3.8) is 0 Å². The van der Waals surface area contributed by atoms with E-state index in [4.69, 9.17) is 0 Å². The molecule has 0 amide bonds. The van der Waals surface area contributed by atoms with Gasteiger partial charge in [0.2, 0.25) is 0 Å². The van der Waals surface area contributed by atoms with Gasteiger partial charge in [-0.2, -0.15) is 5.10 Å². The van der Waals surface area contributed by atoms with E-state index >= 15 is 0 Å². The highest BCUT2D eigenvalue weighted by atomic mass is 19.1. The van der Waals surface area contributed by atoms with Crippen LogP contribution in [0.25, 0.3) is 11.3 Å². The molecular weight excluding hydrogens is 415 g/mol. The highest BCUT2D eigenvalue weighted by Crippen LogP contribution is 2.43. The summed E-state index contributed by atoms with van der Waals surface area (Å²) in [6.45, 7) is 10.3. The fourth-order valence-corrected chi connectivity index (χ4v) is 5.33. The van der Waals surface area contributed by atoms with Gasteiger partial charge < -0.3 is 9.80 Å². The van der Waals surface area contributed by atoms with Gasteiger partial charge in [-0.3, -0.25) is 4.68 Å². The number of aryl methyl sites for hydroxylation is 1. The highest BCUT2D eigenvalue weighted by Gasteiger charge is 2.36. The Morgan fingerprint density at radius 3 is 2.58 bits per heavy atom. The average Bonchev–Trinajstić information content (AvgIpc) is 3.49. The van der Waals surface area contributed by atoms with Gasteiger partial charge in [0.15, 0.2) is 5.82 Å². The van der Waals surface area contributed by atoms with Crippen LogP contribution in [0.5, 0.6) is 0 Å². The lowest BCUT2D eigenvalue weighted by Gasteiger charge is -2.38. The average molecular weight is 449 g/mol. The Morgan fingerprint density at radius 2 is 1.91 bits per heavy atom. The molecule has 5 rings (SSSR count). The zero-order valence-corrected chi connectivity index (χ0v) is 19.8. The van der Waals surface area contributed by atoms with E-state index in [2.05, 4.69) is 51.9 Å². The topological polar surface area (TPSA) is 50.1 Å². The number of halogens is 1. The van der Waals surface area contributed by atoms with Gasteiger partial charge in [0.25, 0.3) is 0 Å². The van der Waals surface area contributed by atoms with E-state index in [1.54, 1.807) is 12.1 Å². The number of piperidine rings is 1. The van der Waals surface area contributed by atoms with Gasteiger partial charge in [-0.25, -0.2) is 4.39 Å². The molecule has 7 heteroatoms. The SMILES string of the molecule is CCC(C)C1CN(C2CCN(c3ccc(-c4cnn(CC)c4)nn3)CC2)c2cc(F)ccc21. The number of hydrogen-bond donors (Lipinski definition) is 0. The molecular formula is C26H33FN6. The largest absolute Gasteiger partial charge is 0.367 e. The number of rotatable bonds is 6. The van der Waals surface area contributed by atoms with Crippen LogP contribution in [0.15, 0.2) is 42.7 Å². The summed E-state index contributed by atoms with van der Waals surface area (Å²) in [5.41, 5.74) is 4.27. The van der Waals surface area contributed by atoms with Crippen LogP contribution in [0.4, 0.5) is 15.9 Å². The van der Waals surface area contributed by atoms with Crippen molar-refractivity contribution in [1.82, 2.24) is 20.0 Å². The lowest BCUT2D eigenvalue weighted by Crippen LogP contribution is -2.45. The number of aromatic nitrogens is 4. The van der Waals surface area contributed by atoms with Crippen LogP contribution in [0.2, 0.25) is 0 Å². The molecule has 1 fully saturated rings. The van der Waals surface area contributed by atoms with E-state index < -0.39 is 0 Å². The second-order valence-corrected chi connectivity index (χ2v) is 9.43. The van der Waals surface area contributed by atoms with Gasteiger partial charge in [-0.15, -0.1) is 10.2 Å². The molecule has 0 bridgehead atoms. The zero-order chi connectivity index (χ0) is 22.9. The van der Waals surface area contributed by atoms with Crippen molar-refractivity contribution in [3.05, 3.63) is 54.1 Å². The summed E-state index contributed by atoms with van der Waals surface area (Å²) in [6.07, 6.45) is 7.05. The molecule has 0 saturated carbocycles. The Kier molecular flexibility index (Phi) is 6.04. The first-order valence-corrected chi connectivity index (χ1v) is 12.2. The Labute approximate surface area is 195 Å². The highest BCUT2D eigenvalue weighted by molar-refractivity contribution is 5.62. The molecule has 2 aliphatic rings. The molecule has 0 N–H and O–H groups in total. The van der Waals surface area contributed by atoms with E-state index in [1.165, 1.54) is 5.56 Å². The van der Waals surface area contributed by atoms with E-state index in [-0.39, 0.29) is 5.82 Å². The molecule has 4 heterocycles. The van der Waals surface area contributed by atoms with E-state index in [9.17, 15) is 4.39 Å². The lowest BCUT2D eigenvalue weighted by atomic mass is 9.87. The van der Waals surface area contributed by atoms with Crippen molar-refractivity contribution in [1.29, 1.82) is 0 Å². The fourth-order valence-electron chi connectivity index (χ4n) is 5.33. The third-order valence-electron chi connectivity index (χ3n) is 7.56. The number of fused-ring (bicyclic) bond motifs is 1. The van der Waals surface area contributed by atoms with Crippen molar-refractivity contribution in [3.8, 4) is 11.3 Å². The first-order valence-electron chi connectivity index (χ1n) is 12.2. The summed E-state index contributed by atoms with van der Waals surface area (Å²) >= 11 is 0. The van der Waals surface area contributed by atoms with Gasteiger partial charge >= 0.3 is 0 Å². The van der Waals surface area contributed by atoms with Gasteiger partial charge in [0, 0.05) is 55.6 Å². The molecule has 2 atom stereocenters. The third-order valence-corrected chi connectivity index (χ3v) is 7.56. The van der Waals surface area contributed by atoms with Crippen LogP contribution >= 0.6 is 0 Å². The Morgan fingerprint density at radius 1 is 1.09 bits per heavy atom. The summed E-state index contributed by atoms with van der Waals surface area (Å²) in [5.74, 6) is 1.86. The van der Waals surface area contributed by atoms with Crippen molar-refractivity contribution in [2.45, 2.75) is 58.5 Å². The van der Waals surface area contributed by atoms with Crippen LogP contribution in [0.1, 0.15) is 51.5 Å². The van der Waals surface area contributed by atoms with E-state index in [0.29, 0.717) is 17.9 Å². The van der Waals surface area contributed by atoms with Gasteiger partial charge in [-0.05, 0) is 55.5 Å². The maximum Gasteiger partial charge on any atom is 0.151 e. The number of anilines is 2. The van der Waals surface area contributed by atoms with Crippen LogP contribution in [0.3, 0.4) is 0 Å². The van der Waals surface area contributed by atoms with Crippen LogP contribution in [0, 0.1) is 11.7 Å². The summed E-state index contributed by atoms with van der Waals surface area (Å²) in [4.78, 5) is 4.80. The van der Waals surface area contributed by atoms with Crippen molar-refractivity contribution < 1.29 is 4.39 Å². The molecule has 2 aliphatic heterocycles. The maximum absolute atomic E-state index is 14.1. The quantitative estimate of drug-likeness (QED) is 0.524. The smallest absolute Gasteiger partial charge is 0.151 e. The van der Waals surface area contributed by atoms with Crippen molar-refractivity contribution in [2.75, 3.05) is 29.4 Å². The predicted octanol–water partition coefficient (Wildman–Crippen LogP) is 5.12.